The summed E-state index contributed by atoms with van der Waals surface area (Å²) >= 11 is 0. The molecule has 0 bridgehead atoms. The van der Waals surface area contributed by atoms with Crippen LogP contribution in [0.15, 0.2) is 35.3 Å². The Morgan fingerprint density at radius 3 is 2.54 bits per heavy atom. The Balaban J connectivity index is 2.23. The van der Waals surface area contributed by atoms with Crippen molar-refractivity contribution in [3.05, 3.63) is 47.3 Å². The van der Waals surface area contributed by atoms with Gasteiger partial charge in [0.05, 0.1) is 17.9 Å². The Kier molecular flexibility index (Phi) is 6.41. The van der Waals surface area contributed by atoms with Crippen LogP contribution in [-0.2, 0) is 6.54 Å². The molecule has 0 fully saturated rings. The van der Waals surface area contributed by atoms with Gasteiger partial charge in [0.15, 0.2) is 5.96 Å². The van der Waals surface area contributed by atoms with E-state index in [2.05, 4.69) is 55.6 Å². The monoisotopic (exact) mass is 327 g/mol. The van der Waals surface area contributed by atoms with Gasteiger partial charge in [-0.3, -0.25) is 0 Å². The van der Waals surface area contributed by atoms with Crippen molar-refractivity contribution < 1.29 is 0 Å². The summed E-state index contributed by atoms with van der Waals surface area (Å²) in [6.45, 7) is 12.0. The highest BCUT2D eigenvalue weighted by Crippen LogP contribution is 2.18. The Morgan fingerprint density at radius 2 is 1.92 bits per heavy atom. The smallest absolute Gasteiger partial charge is 0.191 e. The number of nitrogens with one attached hydrogen (secondary N) is 2. The van der Waals surface area contributed by atoms with Crippen LogP contribution in [0, 0.1) is 13.8 Å². The molecule has 5 heteroatoms. The van der Waals surface area contributed by atoms with Crippen LogP contribution in [0.2, 0.25) is 0 Å². The predicted molar refractivity (Wildman–Crippen MR) is 101 cm³/mol. The lowest BCUT2D eigenvalue weighted by molar-refractivity contribution is 0.624. The maximum Gasteiger partial charge on any atom is 0.191 e. The highest BCUT2D eigenvalue weighted by Gasteiger charge is 2.12. The molecule has 0 saturated carbocycles. The summed E-state index contributed by atoms with van der Waals surface area (Å²) in [6, 6.07) is 10.6. The summed E-state index contributed by atoms with van der Waals surface area (Å²) in [7, 11) is 0. The fourth-order valence-corrected chi connectivity index (χ4v) is 2.54. The zero-order chi connectivity index (χ0) is 17.5. The molecule has 1 heterocycles. The molecule has 2 rings (SSSR count). The third kappa shape index (κ3) is 4.37. The molecule has 0 aliphatic rings. The zero-order valence-corrected chi connectivity index (χ0v) is 15.4. The van der Waals surface area contributed by atoms with Gasteiger partial charge in [0.1, 0.15) is 0 Å². The van der Waals surface area contributed by atoms with E-state index < -0.39 is 0 Å². The Bertz CT molecular complexity index is 673. The molecule has 5 nitrogen and oxygen atoms in total. The molecule has 1 aromatic carbocycles. The second-order valence-corrected chi connectivity index (χ2v) is 6.05. The molecule has 2 N–H and O–H groups in total. The molecule has 0 radical (unpaired) electrons. The lowest BCUT2D eigenvalue weighted by atomic mass is 10.2. The highest BCUT2D eigenvalue weighted by atomic mass is 15.3. The van der Waals surface area contributed by atoms with Crippen LogP contribution in [0.5, 0.6) is 0 Å². The van der Waals surface area contributed by atoms with E-state index in [9.17, 15) is 0 Å². The molecule has 0 aliphatic carbocycles. The first-order valence-electron chi connectivity index (χ1n) is 8.72. The van der Waals surface area contributed by atoms with Crippen molar-refractivity contribution in [3.8, 4) is 5.69 Å². The van der Waals surface area contributed by atoms with Gasteiger partial charge in [-0.05, 0) is 46.2 Å². The number of rotatable bonds is 6. The maximum atomic E-state index is 4.74. The third-order valence-corrected chi connectivity index (χ3v) is 4.18. The summed E-state index contributed by atoms with van der Waals surface area (Å²) in [6.07, 6.45) is 1.06. The molecular weight excluding hydrogens is 298 g/mol. The Morgan fingerprint density at radius 1 is 1.21 bits per heavy atom. The van der Waals surface area contributed by atoms with Crippen molar-refractivity contribution in [2.45, 2.75) is 53.6 Å². The van der Waals surface area contributed by atoms with E-state index in [0.29, 0.717) is 12.6 Å². The SMILES string of the molecule is CCNC(=NCc1c(C)nn(-c2ccccc2)c1C)NC(C)CC. The largest absolute Gasteiger partial charge is 0.357 e. The molecule has 0 spiro atoms. The van der Waals surface area contributed by atoms with Gasteiger partial charge in [0.25, 0.3) is 0 Å². The van der Waals surface area contributed by atoms with Gasteiger partial charge in [0, 0.05) is 23.8 Å². The summed E-state index contributed by atoms with van der Waals surface area (Å²) in [5.74, 6) is 0.859. The van der Waals surface area contributed by atoms with E-state index in [0.717, 1.165) is 36.0 Å². The summed E-state index contributed by atoms with van der Waals surface area (Å²) < 4.78 is 2.00. The molecular formula is C19H29N5. The van der Waals surface area contributed by atoms with Gasteiger partial charge in [-0.25, -0.2) is 9.67 Å². The van der Waals surface area contributed by atoms with E-state index in [1.807, 2.05) is 29.8 Å². The van der Waals surface area contributed by atoms with Crippen LogP contribution in [0.1, 0.15) is 44.1 Å². The number of guanidine groups is 1. The number of aromatic nitrogens is 2. The lowest BCUT2D eigenvalue weighted by Crippen LogP contribution is -2.41. The van der Waals surface area contributed by atoms with Crippen LogP contribution >= 0.6 is 0 Å². The Labute approximate surface area is 145 Å². The number of aliphatic imine (C=N–C) groups is 1. The minimum Gasteiger partial charge on any atom is -0.357 e. The molecule has 0 aliphatic heterocycles. The first kappa shape index (κ1) is 18.0. The summed E-state index contributed by atoms with van der Waals surface area (Å²) in [4.78, 5) is 4.74. The summed E-state index contributed by atoms with van der Waals surface area (Å²) in [5.41, 5.74) is 4.43. The summed E-state index contributed by atoms with van der Waals surface area (Å²) in [5, 5.41) is 11.4. The number of nitrogens with zero attached hydrogens (tertiary/aromatic N) is 3. The lowest BCUT2D eigenvalue weighted by Gasteiger charge is -2.16. The van der Waals surface area contributed by atoms with Crippen molar-refractivity contribution in [3.63, 3.8) is 0 Å². The van der Waals surface area contributed by atoms with Crippen LogP contribution in [-0.4, -0.2) is 28.3 Å². The highest BCUT2D eigenvalue weighted by molar-refractivity contribution is 5.80. The van der Waals surface area contributed by atoms with Gasteiger partial charge in [0.2, 0.25) is 0 Å². The van der Waals surface area contributed by atoms with Gasteiger partial charge < -0.3 is 10.6 Å². The van der Waals surface area contributed by atoms with Crippen molar-refractivity contribution in [2.75, 3.05) is 6.54 Å². The predicted octanol–water partition coefficient (Wildman–Crippen LogP) is 3.34. The number of benzene rings is 1. The fraction of sp³-hybridized carbons (Fsp3) is 0.474. The number of para-hydroxylation sites is 1. The minimum atomic E-state index is 0.400. The second-order valence-electron chi connectivity index (χ2n) is 6.05. The topological polar surface area (TPSA) is 54.2 Å². The van der Waals surface area contributed by atoms with Crippen molar-refractivity contribution in [1.82, 2.24) is 20.4 Å². The first-order chi connectivity index (χ1) is 11.6. The van der Waals surface area contributed by atoms with Crippen molar-refractivity contribution >= 4 is 5.96 Å². The Hall–Kier alpha value is -2.30. The normalized spacial score (nSPS) is 13.0. The molecule has 24 heavy (non-hydrogen) atoms. The van der Waals surface area contributed by atoms with E-state index in [4.69, 9.17) is 4.99 Å². The molecule has 1 atom stereocenters. The van der Waals surface area contributed by atoms with Gasteiger partial charge in [-0.15, -0.1) is 0 Å². The van der Waals surface area contributed by atoms with E-state index >= 15 is 0 Å². The average Bonchev–Trinajstić information content (AvgIpc) is 2.88. The zero-order valence-electron chi connectivity index (χ0n) is 15.4. The average molecular weight is 327 g/mol. The van der Waals surface area contributed by atoms with Crippen molar-refractivity contribution in [2.24, 2.45) is 4.99 Å². The molecule has 130 valence electrons. The maximum absolute atomic E-state index is 4.74. The second kappa shape index (κ2) is 8.52. The van der Waals surface area contributed by atoms with Gasteiger partial charge >= 0.3 is 0 Å². The van der Waals surface area contributed by atoms with Crippen LogP contribution in [0.3, 0.4) is 0 Å². The first-order valence-corrected chi connectivity index (χ1v) is 8.72. The van der Waals surface area contributed by atoms with Crippen LogP contribution in [0.25, 0.3) is 5.69 Å². The molecule has 1 unspecified atom stereocenters. The number of hydrogen-bond acceptors (Lipinski definition) is 2. The van der Waals surface area contributed by atoms with Gasteiger partial charge in [-0.1, -0.05) is 25.1 Å². The van der Waals surface area contributed by atoms with E-state index in [1.165, 1.54) is 5.56 Å². The number of hydrogen-bond donors (Lipinski definition) is 2. The molecule has 1 aromatic heterocycles. The quantitative estimate of drug-likeness (QED) is 0.632. The van der Waals surface area contributed by atoms with Crippen LogP contribution in [0.4, 0.5) is 0 Å². The van der Waals surface area contributed by atoms with E-state index in [-0.39, 0.29) is 0 Å². The van der Waals surface area contributed by atoms with Crippen molar-refractivity contribution in [1.29, 1.82) is 0 Å². The standard InChI is InChI=1S/C19H29N5/c1-6-14(3)22-19(20-7-2)21-13-18-15(4)23-24(16(18)5)17-11-9-8-10-12-17/h8-12,14H,6-7,13H2,1-5H3,(H2,20,21,22). The third-order valence-electron chi connectivity index (χ3n) is 4.18. The van der Waals surface area contributed by atoms with Gasteiger partial charge in [-0.2, -0.15) is 5.10 Å². The molecule has 0 amide bonds. The number of aryl methyl sites for hydroxylation is 1. The minimum absolute atomic E-state index is 0.400. The fourth-order valence-electron chi connectivity index (χ4n) is 2.54. The van der Waals surface area contributed by atoms with E-state index in [1.54, 1.807) is 0 Å². The molecule has 0 saturated heterocycles. The van der Waals surface area contributed by atoms with Crippen LogP contribution < -0.4 is 10.6 Å². The molecule has 2 aromatic rings.